The van der Waals surface area contributed by atoms with Gasteiger partial charge in [0.05, 0.1) is 0 Å². The van der Waals surface area contributed by atoms with Gasteiger partial charge in [0.2, 0.25) is 0 Å². The summed E-state index contributed by atoms with van der Waals surface area (Å²) in [7, 11) is 0. The first-order chi connectivity index (χ1) is 5.43. The molecule has 0 amide bonds. The molecule has 5 heteroatoms. The van der Waals surface area contributed by atoms with Crippen molar-refractivity contribution in [3.63, 3.8) is 0 Å². The summed E-state index contributed by atoms with van der Waals surface area (Å²) in [6, 6.07) is 5.78. The van der Waals surface area contributed by atoms with Crippen LogP contribution in [-0.2, 0) is 2.69 Å². The molecule has 0 atom stereocenters. The summed E-state index contributed by atoms with van der Waals surface area (Å²) in [5, 5.41) is 0. The van der Waals surface area contributed by atoms with Gasteiger partial charge in [0.25, 0.3) is 0 Å². The molecule has 0 saturated carbocycles. The number of benzene rings is 1. The molecule has 12 heavy (non-hydrogen) atoms. The SMILES string of the molecule is ClC(Br)(Br)c1cccc(Br)c1Br. The second kappa shape index (κ2) is 4.30. The van der Waals surface area contributed by atoms with E-state index in [0.29, 0.717) is 0 Å². The summed E-state index contributed by atoms with van der Waals surface area (Å²) in [6.07, 6.45) is 0. The van der Waals surface area contributed by atoms with Gasteiger partial charge in [-0.2, -0.15) is 0 Å². The van der Waals surface area contributed by atoms with Crippen molar-refractivity contribution in [1.29, 1.82) is 0 Å². The lowest BCUT2D eigenvalue weighted by molar-refractivity contribution is 1.29. The van der Waals surface area contributed by atoms with Gasteiger partial charge in [-0.15, -0.1) is 0 Å². The molecule has 0 saturated heterocycles. The second-order valence-electron chi connectivity index (χ2n) is 2.10. The van der Waals surface area contributed by atoms with E-state index in [9.17, 15) is 0 Å². The van der Waals surface area contributed by atoms with E-state index in [1.165, 1.54) is 0 Å². The van der Waals surface area contributed by atoms with Crippen LogP contribution >= 0.6 is 75.3 Å². The molecule has 0 heterocycles. The summed E-state index contributed by atoms with van der Waals surface area (Å²) in [4.78, 5) is 0. The van der Waals surface area contributed by atoms with Gasteiger partial charge in [-0.05, 0) is 69.8 Å². The highest BCUT2D eigenvalue weighted by Gasteiger charge is 2.24. The fourth-order valence-electron chi connectivity index (χ4n) is 0.723. The van der Waals surface area contributed by atoms with Crippen LogP contribution in [0, 0.1) is 0 Å². The molecule has 0 aliphatic carbocycles. The molecule has 1 aromatic rings. The Morgan fingerprint density at radius 1 is 1.17 bits per heavy atom. The Morgan fingerprint density at radius 2 is 1.75 bits per heavy atom. The van der Waals surface area contributed by atoms with Gasteiger partial charge in [0.15, 0.2) is 2.69 Å². The third kappa shape index (κ3) is 2.71. The van der Waals surface area contributed by atoms with E-state index < -0.39 is 2.69 Å². The average molecular weight is 442 g/mol. The van der Waals surface area contributed by atoms with Gasteiger partial charge in [0.1, 0.15) is 0 Å². The van der Waals surface area contributed by atoms with Gasteiger partial charge in [-0.1, -0.05) is 23.7 Å². The van der Waals surface area contributed by atoms with Gasteiger partial charge >= 0.3 is 0 Å². The van der Waals surface area contributed by atoms with Crippen molar-refractivity contribution < 1.29 is 0 Å². The minimum Gasteiger partial charge on any atom is -0.0885 e. The lowest BCUT2D eigenvalue weighted by Crippen LogP contribution is -1.99. The Morgan fingerprint density at radius 3 is 2.17 bits per heavy atom. The first kappa shape index (κ1) is 11.5. The summed E-state index contributed by atoms with van der Waals surface area (Å²) in [5.74, 6) is 0. The molecule has 0 bridgehead atoms. The first-order valence-corrected chi connectivity index (χ1v) is 6.49. The number of rotatable bonds is 1. The molecule has 0 aliphatic rings. The Hall–Kier alpha value is 1.43. The lowest BCUT2D eigenvalue weighted by atomic mass is 10.2. The highest BCUT2D eigenvalue weighted by molar-refractivity contribution is 9.25. The predicted molar refractivity (Wildman–Crippen MR) is 67.2 cm³/mol. The zero-order chi connectivity index (χ0) is 9.35. The maximum atomic E-state index is 6.02. The molecule has 1 aromatic carbocycles. The standard InChI is InChI=1S/C7H3Br4Cl/c8-5-3-1-2-4(6(5)9)7(10,11)12/h1-3H. The van der Waals surface area contributed by atoms with Gasteiger partial charge in [0, 0.05) is 14.5 Å². The fraction of sp³-hybridized carbons (Fsp3) is 0.143. The Kier molecular flexibility index (Phi) is 4.12. The van der Waals surface area contributed by atoms with Crippen molar-refractivity contribution >= 4 is 75.3 Å². The Labute approximate surface area is 110 Å². The van der Waals surface area contributed by atoms with E-state index in [0.717, 1.165) is 14.5 Å². The normalized spacial score (nSPS) is 11.8. The quantitative estimate of drug-likeness (QED) is 0.515. The molecule has 0 unspecified atom stereocenters. The van der Waals surface area contributed by atoms with E-state index in [1.54, 1.807) is 0 Å². The fourth-order valence-corrected chi connectivity index (χ4v) is 3.12. The van der Waals surface area contributed by atoms with Crippen molar-refractivity contribution in [1.82, 2.24) is 0 Å². The minimum absolute atomic E-state index is 0.706. The molecule has 0 nitrogen and oxygen atoms in total. The van der Waals surface area contributed by atoms with Crippen LogP contribution in [0.4, 0.5) is 0 Å². The molecule has 0 aromatic heterocycles. The third-order valence-corrected chi connectivity index (χ3v) is 4.36. The van der Waals surface area contributed by atoms with Crippen LogP contribution in [0.5, 0.6) is 0 Å². The van der Waals surface area contributed by atoms with Crippen LogP contribution in [0.25, 0.3) is 0 Å². The van der Waals surface area contributed by atoms with Crippen LogP contribution in [0.1, 0.15) is 5.56 Å². The van der Waals surface area contributed by atoms with Crippen molar-refractivity contribution in [2.24, 2.45) is 0 Å². The van der Waals surface area contributed by atoms with Gasteiger partial charge < -0.3 is 0 Å². The summed E-state index contributed by atoms with van der Waals surface area (Å²) >= 11 is 19.4. The average Bonchev–Trinajstić information content (AvgIpc) is 1.92. The zero-order valence-corrected chi connectivity index (χ0v) is 12.7. The number of hydrogen-bond donors (Lipinski definition) is 0. The molecule has 0 spiro atoms. The van der Waals surface area contributed by atoms with Crippen molar-refractivity contribution in [2.75, 3.05) is 0 Å². The highest BCUT2D eigenvalue weighted by Crippen LogP contribution is 2.46. The lowest BCUT2D eigenvalue weighted by Gasteiger charge is -2.14. The Bertz CT molecular complexity index is 292. The van der Waals surface area contributed by atoms with Crippen LogP contribution in [0.3, 0.4) is 0 Å². The van der Waals surface area contributed by atoms with Gasteiger partial charge in [-0.3, -0.25) is 0 Å². The van der Waals surface area contributed by atoms with Crippen LogP contribution in [0.2, 0.25) is 0 Å². The van der Waals surface area contributed by atoms with Crippen molar-refractivity contribution in [3.8, 4) is 0 Å². The summed E-state index contributed by atoms with van der Waals surface area (Å²) in [5.41, 5.74) is 0.929. The van der Waals surface area contributed by atoms with E-state index in [1.807, 2.05) is 18.2 Å². The Balaban J connectivity index is 3.26. The van der Waals surface area contributed by atoms with Gasteiger partial charge in [-0.25, -0.2) is 0 Å². The molecule has 0 N–H and O–H groups in total. The second-order valence-corrected chi connectivity index (χ2v) is 8.67. The zero-order valence-electron chi connectivity index (χ0n) is 5.62. The van der Waals surface area contributed by atoms with Crippen molar-refractivity contribution in [2.45, 2.75) is 2.69 Å². The summed E-state index contributed by atoms with van der Waals surface area (Å²) in [6.45, 7) is 0. The smallest absolute Gasteiger partial charge is 0.0885 e. The number of alkyl halides is 3. The van der Waals surface area contributed by atoms with E-state index >= 15 is 0 Å². The van der Waals surface area contributed by atoms with E-state index in [4.69, 9.17) is 11.6 Å². The highest BCUT2D eigenvalue weighted by atomic mass is 79.9. The molecular formula is C7H3Br4Cl. The number of hydrogen-bond acceptors (Lipinski definition) is 0. The van der Waals surface area contributed by atoms with E-state index in [-0.39, 0.29) is 0 Å². The first-order valence-electron chi connectivity index (χ1n) is 2.94. The molecule has 1 rings (SSSR count). The van der Waals surface area contributed by atoms with Crippen LogP contribution in [0.15, 0.2) is 27.1 Å². The number of halogens is 5. The molecular weight excluding hydrogens is 439 g/mol. The minimum atomic E-state index is -0.706. The predicted octanol–water partition coefficient (Wildman–Crippen LogP) is 5.35. The molecule has 66 valence electrons. The molecule has 0 radical (unpaired) electrons. The maximum absolute atomic E-state index is 6.02. The summed E-state index contributed by atoms with van der Waals surface area (Å²) < 4.78 is 1.21. The maximum Gasteiger partial charge on any atom is 0.179 e. The van der Waals surface area contributed by atoms with Crippen LogP contribution in [-0.4, -0.2) is 0 Å². The largest absolute Gasteiger partial charge is 0.179 e. The molecule has 0 aliphatic heterocycles. The third-order valence-electron chi connectivity index (χ3n) is 1.26. The van der Waals surface area contributed by atoms with Crippen LogP contribution < -0.4 is 0 Å². The van der Waals surface area contributed by atoms with Crippen molar-refractivity contribution in [3.05, 3.63) is 32.7 Å². The van der Waals surface area contributed by atoms with E-state index in [2.05, 4.69) is 63.7 Å². The monoisotopic (exact) mass is 438 g/mol. The molecule has 0 fully saturated rings. The topological polar surface area (TPSA) is 0 Å².